The zero-order valence-electron chi connectivity index (χ0n) is 16.2. The van der Waals surface area contributed by atoms with Crippen LogP contribution in [0.15, 0.2) is 29.3 Å². The number of para-hydroxylation sites is 1. The molecule has 0 aliphatic rings. The Labute approximate surface area is 183 Å². The molecule has 9 heteroatoms. The molecule has 0 saturated heterocycles. The second kappa shape index (κ2) is 12.0. The van der Waals surface area contributed by atoms with Crippen LogP contribution in [0.2, 0.25) is 5.02 Å². The molecule has 0 aliphatic heterocycles. The molecule has 1 aromatic carbocycles. The second-order valence-electron chi connectivity index (χ2n) is 5.88. The normalized spacial score (nSPS) is 12.3. The molecule has 0 aliphatic carbocycles. The Balaban J connectivity index is 0.00000364. The number of aryl methyl sites for hydroxylation is 1. The number of hydrogen-bond acceptors (Lipinski definition) is 4. The SMILES string of the molecule is CCNC(=NCc1nnc(C)n1C)NCC(CC)Oc1ccccc1Cl.I. The Hall–Kier alpha value is -1.55. The molecule has 150 valence electrons. The van der Waals surface area contributed by atoms with Gasteiger partial charge in [-0.25, -0.2) is 4.99 Å². The van der Waals surface area contributed by atoms with Crippen molar-refractivity contribution in [3.8, 4) is 5.75 Å². The summed E-state index contributed by atoms with van der Waals surface area (Å²) < 4.78 is 7.94. The van der Waals surface area contributed by atoms with Crippen molar-refractivity contribution in [1.82, 2.24) is 25.4 Å². The zero-order valence-corrected chi connectivity index (χ0v) is 19.3. The van der Waals surface area contributed by atoms with Gasteiger partial charge in [-0.3, -0.25) is 0 Å². The van der Waals surface area contributed by atoms with Gasteiger partial charge in [0.05, 0.1) is 11.6 Å². The number of benzene rings is 1. The molecule has 1 heterocycles. The van der Waals surface area contributed by atoms with E-state index in [2.05, 4.69) is 32.7 Å². The van der Waals surface area contributed by atoms with Crippen molar-refractivity contribution in [2.75, 3.05) is 13.1 Å². The van der Waals surface area contributed by atoms with E-state index in [1.54, 1.807) is 0 Å². The Morgan fingerprint density at radius 1 is 1.26 bits per heavy atom. The maximum absolute atomic E-state index is 6.18. The first kappa shape index (κ1) is 23.5. The first-order chi connectivity index (χ1) is 12.5. The van der Waals surface area contributed by atoms with Gasteiger partial charge in [0.1, 0.15) is 24.2 Å². The van der Waals surface area contributed by atoms with Crippen LogP contribution in [0.3, 0.4) is 0 Å². The molecule has 0 fully saturated rings. The van der Waals surface area contributed by atoms with Crippen molar-refractivity contribution in [2.45, 2.75) is 39.8 Å². The molecule has 2 aromatic rings. The highest BCUT2D eigenvalue weighted by molar-refractivity contribution is 14.0. The molecular weight excluding hydrogens is 479 g/mol. The van der Waals surface area contributed by atoms with Crippen LogP contribution >= 0.6 is 35.6 Å². The van der Waals surface area contributed by atoms with Gasteiger partial charge in [-0.05, 0) is 32.4 Å². The number of aliphatic imine (C=N–C) groups is 1. The molecule has 27 heavy (non-hydrogen) atoms. The van der Waals surface area contributed by atoms with Gasteiger partial charge in [0, 0.05) is 13.6 Å². The average molecular weight is 507 g/mol. The third-order valence-corrected chi connectivity index (χ3v) is 4.30. The summed E-state index contributed by atoms with van der Waals surface area (Å²) in [6.45, 7) is 7.87. The molecule has 0 radical (unpaired) electrons. The maximum atomic E-state index is 6.18. The van der Waals surface area contributed by atoms with E-state index in [4.69, 9.17) is 16.3 Å². The van der Waals surface area contributed by atoms with Crippen molar-refractivity contribution in [3.63, 3.8) is 0 Å². The minimum absolute atomic E-state index is 0. The molecule has 7 nitrogen and oxygen atoms in total. The van der Waals surface area contributed by atoms with E-state index in [9.17, 15) is 0 Å². The number of halogens is 2. The zero-order chi connectivity index (χ0) is 18.9. The number of aromatic nitrogens is 3. The molecule has 0 amide bonds. The van der Waals surface area contributed by atoms with Gasteiger partial charge < -0.3 is 19.9 Å². The summed E-state index contributed by atoms with van der Waals surface area (Å²) in [5.74, 6) is 3.10. The van der Waals surface area contributed by atoms with E-state index in [1.807, 2.05) is 49.7 Å². The molecule has 0 saturated carbocycles. The van der Waals surface area contributed by atoms with Crippen LogP contribution in [0.4, 0.5) is 0 Å². The van der Waals surface area contributed by atoms with Gasteiger partial charge in [0.25, 0.3) is 0 Å². The van der Waals surface area contributed by atoms with Crippen LogP contribution in [0.25, 0.3) is 0 Å². The van der Waals surface area contributed by atoms with Gasteiger partial charge in [0.2, 0.25) is 0 Å². The van der Waals surface area contributed by atoms with Crippen molar-refractivity contribution in [3.05, 3.63) is 40.9 Å². The van der Waals surface area contributed by atoms with Gasteiger partial charge in [0.15, 0.2) is 11.8 Å². The first-order valence-electron chi connectivity index (χ1n) is 8.83. The number of hydrogen-bond donors (Lipinski definition) is 2. The Kier molecular flexibility index (Phi) is 10.5. The molecule has 2 rings (SSSR count). The topological polar surface area (TPSA) is 76.4 Å². The highest BCUT2D eigenvalue weighted by Crippen LogP contribution is 2.24. The number of nitrogens with zero attached hydrogens (tertiary/aromatic N) is 4. The maximum Gasteiger partial charge on any atom is 0.191 e. The van der Waals surface area contributed by atoms with E-state index >= 15 is 0 Å². The van der Waals surface area contributed by atoms with E-state index in [-0.39, 0.29) is 30.1 Å². The molecule has 1 unspecified atom stereocenters. The number of nitrogens with one attached hydrogen (secondary N) is 2. The van der Waals surface area contributed by atoms with Gasteiger partial charge in [-0.2, -0.15) is 0 Å². The van der Waals surface area contributed by atoms with Crippen molar-refractivity contribution >= 4 is 41.5 Å². The largest absolute Gasteiger partial charge is 0.487 e. The van der Waals surface area contributed by atoms with Crippen molar-refractivity contribution < 1.29 is 4.74 Å². The number of ether oxygens (including phenoxy) is 1. The highest BCUT2D eigenvalue weighted by atomic mass is 127. The minimum atomic E-state index is -0.0178. The first-order valence-corrected chi connectivity index (χ1v) is 9.21. The quantitative estimate of drug-likeness (QED) is 0.326. The molecular formula is C18H28ClIN6O. The standard InChI is InChI=1S/C18H27ClN6O.HI/c1-5-14(26-16-10-8-7-9-15(16)19)11-21-18(20-6-2)22-12-17-24-23-13(3)25(17)4;/h7-10,14H,5-6,11-12H2,1-4H3,(H2,20,21,22);1H. The number of guanidine groups is 1. The third-order valence-electron chi connectivity index (χ3n) is 3.99. The van der Waals surface area contributed by atoms with Crippen LogP contribution in [0.5, 0.6) is 5.75 Å². The van der Waals surface area contributed by atoms with Gasteiger partial charge in [-0.15, -0.1) is 34.2 Å². The van der Waals surface area contributed by atoms with Crippen LogP contribution in [-0.2, 0) is 13.6 Å². The average Bonchev–Trinajstić information content (AvgIpc) is 2.96. The smallest absolute Gasteiger partial charge is 0.191 e. The Bertz CT molecular complexity index is 736. The fraction of sp³-hybridized carbons (Fsp3) is 0.500. The second-order valence-corrected chi connectivity index (χ2v) is 6.28. The third kappa shape index (κ3) is 7.17. The monoisotopic (exact) mass is 506 g/mol. The molecule has 0 spiro atoms. The lowest BCUT2D eigenvalue weighted by Gasteiger charge is -2.20. The number of rotatable bonds is 8. The van der Waals surface area contributed by atoms with E-state index in [0.29, 0.717) is 23.9 Å². The summed E-state index contributed by atoms with van der Waals surface area (Å²) in [5, 5.41) is 15.4. The lowest BCUT2D eigenvalue weighted by atomic mass is 10.2. The fourth-order valence-corrected chi connectivity index (χ4v) is 2.46. The molecule has 2 N–H and O–H groups in total. The summed E-state index contributed by atoms with van der Waals surface area (Å²) in [5.41, 5.74) is 0. The van der Waals surface area contributed by atoms with Crippen LogP contribution in [-0.4, -0.2) is 39.9 Å². The molecule has 1 aromatic heterocycles. The van der Waals surface area contributed by atoms with Crippen molar-refractivity contribution in [2.24, 2.45) is 12.0 Å². The van der Waals surface area contributed by atoms with Crippen LogP contribution < -0.4 is 15.4 Å². The summed E-state index contributed by atoms with van der Waals surface area (Å²) in [6.07, 6.45) is 0.830. The Morgan fingerprint density at radius 2 is 2.00 bits per heavy atom. The minimum Gasteiger partial charge on any atom is -0.487 e. The summed E-state index contributed by atoms with van der Waals surface area (Å²) in [6, 6.07) is 7.50. The van der Waals surface area contributed by atoms with Crippen molar-refractivity contribution in [1.29, 1.82) is 0 Å². The molecule has 1 atom stereocenters. The predicted molar refractivity (Wildman–Crippen MR) is 120 cm³/mol. The van der Waals surface area contributed by atoms with Crippen LogP contribution in [0.1, 0.15) is 31.9 Å². The van der Waals surface area contributed by atoms with Gasteiger partial charge in [-0.1, -0.05) is 30.7 Å². The summed E-state index contributed by atoms with van der Waals surface area (Å²) in [4.78, 5) is 4.58. The van der Waals surface area contributed by atoms with E-state index in [1.165, 1.54) is 0 Å². The predicted octanol–water partition coefficient (Wildman–Crippen LogP) is 3.31. The molecule has 0 bridgehead atoms. The van der Waals surface area contributed by atoms with E-state index in [0.717, 1.165) is 30.6 Å². The highest BCUT2D eigenvalue weighted by Gasteiger charge is 2.12. The van der Waals surface area contributed by atoms with E-state index < -0.39 is 0 Å². The Morgan fingerprint density at radius 3 is 2.59 bits per heavy atom. The fourth-order valence-electron chi connectivity index (χ4n) is 2.28. The van der Waals surface area contributed by atoms with Gasteiger partial charge >= 0.3 is 0 Å². The van der Waals surface area contributed by atoms with Crippen LogP contribution in [0, 0.1) is 6.92 Å². The lowest BCUT2D eigenvalue weighted by molar-refractivity contribution is 0.199. The lowest BCUT2D eigenvalue weighted by Crippen LogP contribution is -2.42. The summed E-state index contributed by atoms with van der Waals surface area (Å²) in [7, 11) is 1.94. The summed E-state index contributed by atoms with van der Waals surface area (Å²) >= 11 is 6.18.